The summed E-state index contributed by atoms with van der Waals surface area (Å²) in [5, 5.41) is 23.9. The summed E-state index contributed by atoms with van der Waals surface area (Å²) >= 11 is 0. The molecule has 0 amide bonds. The summed E-state index contributed by atoms with van der Waals surface area (Å²) in [5.74, 6) is -0.825. The van der Waals surface area contributed by atoms with E-state index in [4.69, 9.17) is 4.52 Å². The first-order valence-corrected chi connectivity index (χ1v) is 5.49. The van der Waals surface area contributed by atoms with E-state index in [2.05, 4.69) is 10.1 Å². The molecule has 0 radical (unpaired) electrons. The molecule has 1 aromatic heterocycles. The van der Waals surface area contributed by atoms with Crippen molar-refractivity contribution in [1.82, 2.24) is 10.1 Å². The van der Waals surface area contributed by atoms with Crippen LogP contribution >= 0.6 is 0 Å². The Morgan fingerprint density at radius 1 is 1.58 bits per heavy atom. The first-order valence-electron chi connectivity index (χ1n) is 5.49. The number of nitro benzene ring substituents is 1. The minimum Gasteiger partial charge on any atom is -0.385 e. The number of aliphatic hydroxyl groups is 1. The lowest BCUT2D eigenvalue weighted by atomic mass is 10.1. The van der Waals surface area contributed by atoms with Crippen molar-refractivity contribution in [2.24, 2.45) is 0 Å². The highest BCUT2D eigenvalue weighted by atomic mass is 19.1. The summed E-state index contributed by atoms with van der Waals surface area (Å²) < 4.78 is 17.9. The molecule has 1 heterocycles. The minimum atomic E-state index is -0.906. The van der Waals surface area contributed by atoms with Crippen molar-refractivity contribution in [2.45, 2.75) is 19.4 Å². The second-order valence-corrected chi connectivity index (χ2v) is 3.80. The molecule has 0 aliphatic carbocycles. The zero-order valence-corrected chi connectivity index (χ0v) is 9.91. The molecule has 7 nitrogen and oxygen atoms in total. The van der Waals surface area contributed by atoms with E-state index in [1.165, 1.54) is 6.07 Å². The van der Waals surface area contributed by atoms with E-state index in [1.54, 1.807) is 6.92 Å². The summed E-state index contributed by atoms with van der Waals surface area (Å²) in [5.41, 5.74) is -0.463. The fraction of sp³-hybridized carbons (Fsp3) is 0.273. The molecule has 19 heavy (non-hydrogen) atoms. The van der Waals surface area contributed by atoms with Gasteiger partial charge in [0.05, 0.1) is 11.0 Å². The zero-order valence-electron chi connectivity index (χ0n) is 9.91. The summed E-state index contributed by atoms with van der Waals surface area (Å²) in [7, 11) is 0. The van der Waals surface area contributed by atoms with Crippen molar-refractivity contribution in [1.29, 1.82) is 0 Å². The molecule has 1 N–H and O–H groups in total. The Bertz CT molecular complexity index is 614. The average Bonchev–Trinajstić information content (AvgIpc) is 2.87. The number of hydrogen-bond acceptors (Lipinski definition) is 6. The summed E-state index contributed by atoms with van der Waals surface area (Å²) in [6.45, 7) is 1.72. The van der Waals surface area contributed by atoms with Crippen molar-refractivity contribution in [2.75, 3.05) is 0 Å². The van der Waals surface area contributed by atoms with Gasteiger partial charge in [-0.3, -0.25) is 10.1 Å². The van der Waals surface area contributed by atoms with Crippen LogP contribution in [-0.2, 0) is 0 Å². The van der Waals surface area contributed by atoms with Crippen LogP contribution in [0.3, 0.4) is 0 Å². The zero-order chi connectivity index (χ0) is 14.0. The van der Waals surface area contributed by atoms with Crippen LogP contribution in [0, 0.1) is 15.9 Å². The molecule has 0 spiro atoms. The molecular weight excluding hydrogens is 257 g/mol. The van der Waals surface area contributed by atoms with E-state index in [9.17, 15) is 19.6 Å². The quantitative estimate of drug-likeness (QED) is 0.673. The van der Waals surface area contributed by atoms with Crippen molar-refractivity contribution in [3.63, 3.8) is 0 Å². The van der Waals surface area contributed by atoms with Gasteiger partial charge in [0.25, 0.3) is 11.6 Å². The highest BCUT2D eigenvalue weighted by Gasteiger charge is 2.22. The fourth-order valence-electron chi connectivity index (χ4n) is 1.50. The maximum absolute atomic E-state index is 13.0. The predicted octanol–water partition coefficient (Wildman–Crippen LogP) is 2.23. The highest BCUT2D eigenvalue weighted by Crippen LogP contribution is 2.30. The molecule has 1 unspecified atom stereocenters. The topological polar surface area (TPSA) is 102 Å². The molecule has 0 aliphatic heterocycles. The number of aromatic nitrogens is 2. The van der Waals surface area contributed by atoms with Gasteiger partial charge < -0.3 is 9.63 Å². The second kappa shape index (κ2) is 5.11. The number of nitro groups is 1. The average molecular weight is 267 g/mol. The number of benzene rings is 1. The van der Waals surface area contributed by atoms with Gasteiger partial charge >= 0.3 is 0 Å². The third-order valence-electron chi connectivity index (χ3n) is 2.51. The highest BCUT2D eigenvalue weighted by molar-refractivity contribution is 5.66. The van der Waals surface area contributed by atoms with Gasteiger partial charge in [0.1, 0.15) is 17.5 Å². The largest absolute Gasteiger partial charge is 0.385 e. The molecule has 1 aromatic carbocycles. The Labute approximate surface area is 106 Å². The summed E-state index contributed by atoms with van der Waals surface area (Å²) in [6, 6.07) is 3.01. The van der Waals surface area contributed by atoms with Crippen LogP contribution in [0.1, 0.15) is 25.3 Å². The van der Waals surface area contributed by atoms with Crippen molar-refractivity contribution < 1.29 is 18.9 Å². The van der Waals surface area contributed by atoms with E-state index in [0.717, 1.165) is 12.1 Å². The Kier molecular flexibility index (Phi) is 3.52. The lowest BCUT2D eigenvalue weighted by molar-refractivity contribution is -0.384. The van der Waals surface area contributed by atoms with Gasteiger partial charge in [0, 0.05) is 0 Å². The molecule has 2 rings (SSSR count). The normalized spacial score (nSPS) is 12.4. The molecule has 2 aromatic rings. The lowest BCUT2D eigenvalue weighted by Crippen LogP contribution is -1.98. The molecule has 0 bridgehead atoms. The molecule has 100 valence electrons. The van der Waals surface area contributed by atoms with Crippen LogP contribution in [0.4, 0.5) is 10.1 Å². The van der Waals surface area contributed by atoms with Crippen molar-refractivity contribution >= 4 is 5.69 Å². The third-order valence-corrected chi connectivity index (χ3v) is 2.51. The van der Waals surface area contributed by atoms with E-state index in [0.29, 0.717) is 6.42 Å². The smallest absolute Gasteiger partial charge is 0.285 e. The molecule has 8 heteroatoms. The number of halogens is 1. The van der Waals surface area contributed by atoms with E-state index in [-0.39, 0.29) is 17.3 Å². The van der Waals surface area contributed by atoms with Gasteiger partial charge in [0.2, 0.25) is 5.82 Å². The van der Waals surface area contributed by atoms with Crippen LogP contribution in [0.25, 0.3) is 11.5 Å². The Morgan fingerprint density at radius 3 is 2.95 bits per heavy atom. The van der Waals surface area contributed by atoms with E-state index < -0.39 is 22.5 Å². The van der Waals surface area contributed by atoms with Crippen LogP contribution in [0.5, 0.6) is 0 Å². The van der Waals surface area contributed by atoms with Gasteiger partial charge in [-0.15, -0.1) is 0 Å². The van der Waals surface area contributed by atoms with Gasteiger partial charge in [-0.25, -0.2) is 4.39 Å². The van der Waals surface area contributed by atoms with Gasteiger partial charge in [-0.1, -0.05) is 12.1 Å². The summed E-state index contributed by atoms with van der Waals surface area (Å²) in [6.07, 6.45) is -0.526. The maximum atomic E-state index is 13.0. The standard InChI is InChI=1S/C11H10FN3O4/c1-2-9(16)10-13-11(19-14-10)7-4-3-6(12)5-8(7)15(17)18/h3-5,9,16H,2H2,1H3. The first kappa shape index (κ1) is 13.1. The number of aliphatic hydroxyl groups excluding tert-OH is 1. The van der Waals surface area contributed by atoms with Crippen molar-refractivity contribution in [3.05, 3.63) is 40.0 Å². The third kappa shape index (κ3) is 2.58. The molecule has 0 fully saturated rings. The Morgan fingerprint density at radius 2 is 2.32 bits per heavy atom. The Balaban J connectivity index is 2.47. The molecule has 1 atom stereocenters. The maximum Gasteiger partial charge on any atom is 0.285 e. The molecule has 0 saturated carbocycles. The lowest BCUT2D eigenvalue weighted by Gasteiger charge is -1.99. The SMILES string of the molecule is CCC(O)c1noc(-c2ccc(F)cc2[N+](=O)[O-])n1. The van der Waals surface area contributed by atoms with Crippen LogP contribution in [0.15, 0.2) is 22.7 Å². The molecular formula is C11H10FN3O4. The van der Waals surface area contributed by atoms with Gasteiger partial charge in [-0.2, -0.15) is 4.98 Å². The molecule has 0 saturated heterocycles. The number of hydrogen-bond donors (Lipinski definition) is 1. The second-order valence-electron chi connectivity index (χ2n) is 3.80. The van der Waals surface area contributed by atoms with Crippen molar-refractivity contribution in [3.8, 4) is 11.5 Å². The summed E-state index contributed by atoms with van der Waals surface area (Å²) in [4.78, 5) is 14.0. The van der Waals surface area contributed by atoms with Gasteiger partial charge in [0.15, 0.2) is 0 Å². The minimum absolute atomic E-state index is 0.00783. The first-order chi connectivity index (χ1) is 9.02. The van der Waals surface area contributed by atoms with Crippen LogP contribution in [0.2, 0.25) is 0 Å². The van der Waals surface area contributed by atoms with Crippen LogP contribution in [-0.4, -0.2) is 20.2 Å². The van der Waals surface area contributed by atoms with E-state index >= 15 is 0 Å². The van der Waals surface area contributed by atoms with Crippen LogP contribution < -0.4 is 0 Å². The van der Waals surface area contributed by atoms with Gasteiger partial charge in [-0.05, 0) is 18.6 Å². The number of nitrogens with zero attached hydrogens (tertiary/aromatic N) is 3. The predicted molar refractivity (Wildman–Crippen MR) is 61.6 cm³/mol. The number of rotatable bonds is 4. The Hall–Kier alpha value is -2.35. The molecule has 0 aliphatic rings. The van der Waals surface area contributed by atoms with E-state index in [1.807, 2.05) is 0 Å². The monoisotopic (exact) mass is 267 g/mol. The fourth-order valence-corrected chi connectivity index (χ4v) is 1.50.